The number of aliphatic hydroxyl groups is 1. The van der Waals surface area contributed by atoms with Gasteiger partial charge in [-0.3, -0.25) is 4.79 Å². The van der Waals surface area contributed by atoms with E-state index in [2.05, 4.69) is 16.7 Å². The highest BCUT2D eigenvalue weighted by molar-refractivity contribution is 5.97. The Bertz CT molecular complexity index is 875. The Morgan fingerprint density at radius 2 is 1.81 bits per heavy atom. The van der Waals surface area contributed by atoms with Gasteiger partial charge in [-0.15, -0.1) is 0 Å². The first-order valence-electron chi connectivity index (χ1n) is 8.63. The van der Waals surface area contributed by atoms with Gasteiger partial charge in [-0.05, 0) is 24.1 Å². The average Bonchev–Trinajstić information content (AvgIpc) is 3.13. The number of aliphatic hydroxyl groups excluding tert-OH is 1. The summed E-state index contributed by atoms with van der Waals surface area (Å²) in [4.78, 5) is 12.6. The number of halogens is 1. The second-order valence-electron chi connectivity index (χ2n) is 6.58. The molecule has 0 saturated carbocycles. The lowest BCUT2D eigenvalue weighted by atomic mass is 9.86. The van der Waals surface area contributed by atoms with Crippen LogP contribution in [0.15, 0.2) is 73.2 Å². The highest BCUT2D eigenvalue weighted by Crippen LogP contribution is 2.31. The first-order valence-corrected chi connectivity index (χ1v) is 8.63. The Hall–Kier alpha value is -2.24. The normalized spacial score (nSPS) is 17.3. The van der Waals surface area contributed by atoms with Gasteiger partial charge in [0.05, 0.1) is 17.7 Å². The molecule has 3 aromatic rings. The van der Waals surface area contributed by atoms with E-state index in [9.17, 15) is 9.90 Å². The van der Waals surface area contributed by atoms with Crippen LogP contribution in [0.1, 0.15) is 34.1 Å². The van der Waals surface area contributed by atoms with E-state index in [0.29, 0.717) is 12.1 Å². The van der Waals surface area contributed by atoms with Crippen LogP contribution in [0.5, 0.6) is 0 Å². The van der Waals surface area contributed by atoms with Gasteiger partial charge < -0.3 is 26.7 Å². The summed E-state index contributed by atoms with van der Waals surface area (Å²) >= 11 is 0. The molecule has 0 saturated heterocycles. The fraction of sp³-hybridized carbons (Fsp3) is 0.238. The molecule has 134 valence electrons. The Balaban J connectivity index is 0.00000196. The van der Waals surface area contributed by atoms with Gasteiger partial charge in [0.25, 0.3) is 0 Å². The van der Waals surface area contributed by atoms with Crippen molar-refractivity contribution in [2.75, 3.05) is 0 Å². The van der Waals surface area contributed by atoms with Crippen molar-refractivity contribution in [1.29, 1.82) is 0 Å². The van der Waals surface area contributed by atoms with E-state index in [1.54, 1.807) is 0 Å². The summed E-state index contributed by atoms with van der Waals surface area (Å²) in [5, 5.41) is 10.7. The van der Waals surface area contributed by atoms with Gasteiger partial charge in [-0.1, -0.05) is 30.3 Å². The number of ketones is 1. The molecule has 4 rings (SSSR count). The molecule has 3 heterocycles. The number of aromatic nitrogens is 2. The summed E-state index contributed by atoms with van der Waals surface area (Å²) in [5.74, 6) is -0.336. The number of carbonyl (C=O) groups is 1. The number of aryl methyl sites for hydroxylation is 1. The second kappa shape index (κ2) is 7.98. The van der Waals surface area contributed by atoms with Gasteiger partial charge in [0.2, 0.25) is 0 Å². The predicted octanol–water partition coefficient (Wildman–Crippen LogP) is -0.236. The molecule has 5 heteroatoms. The number of Topliss-reactive ketones (excluding diaryl/α,β-unsaturated/α-hetero) is 1. The maximum Gasteiger partial charge on any atom is 0.185 e. The van der Waals surface area contributed by atoms with Crippen LogP contribution in [0.4, 0.5) is 0 Å². The van der Waals surface area contributed by atoms with Crippen LogP contribution in [0, 0.1) is 5.92 Å². The van der Waals surface area contributed by atoms with Crippen LogP contribution in [-0.4, -0.2) is 15.5 Å². The summed E-state index contributed by atoms with van der Waals surface area (Å²) in [6.45, 7) is 1.56. The zero-order valence-electron chi connectivity index (χ0n) is 14.3. The summed E-state index contributed by atoms with van der Waals surface area (Å²) < 4.78 is 4.03. The van der Waals surface area contributed by atoms with Crippen LogP contribution in [0.3, 0.4) is 0 Å². The molecule has 1 aromatic carbocycles. The van der Waals surface area contributed by atoms with Crippen molar-refractivity contribution in [1.82, 2.24) is 4.57 Å². The highest BCUT2D eigenvalue weighted by atomic mass is 79.9. The van der Waals surface area contributed by atoms with Gasteiger partial charge in [-0.25, -0.2) is 4.57 Å². The molecular formula is C21H21BrN2O2. The van der Waals surface area contributed by atoms with E-state index in [-0.39, 0.29) is 28.7 Å². The lowest BCUT2D eigenvalue weighted by molar-refractivity contribution is -0.688. The largest absolute Gasteiger partial charge is 1.00 e. The fourth-order valence-electron chi connectivity index (χ4n) is 3.53. The van der Waals surface area contributed by atoms with Crippen LogP contribution in [0.2, 0.25) is 0 Å². The number of benzene rings is 1. The third kappa shape index (κ3) is 3.64. The maximum atomic E-state index is 12.6. The van der Waals surface area contributed by atoms with Crippen molar-refractivity contribution in [3.8, 4) is 0 Å². The van der Waals surface area contributed by atoms with Crippen molar-refractivity contribution in [2.45, 2.75) is 25.6 Å². The van der Waals surface area contributed by atoms with E-state index >= 15 is 0 Å². The van der Waals surface area contributed by atoms with Crippen LogP contribution in [0.25, 0.3) is 0 Å². The summed E-state index contributed by atoms with van der Waals surface area (Å²) in [7, 11) is 0. The number of hydrogen-bond donors (Lipinski definition) is 1. The molecule has 4 nitrogen and oxygen atoms in total. The van der Waals surface area contributed by atoms with Crippen LogP contribution < -0.4 is 21.5 Å². The standard InChI is InChI=1S/C21H21N2O2.BrH/c24-20(18-10-14-23-11-4-7-19(23)21(18)25)17-8-12-22(13-9-17)15-16-5-2-1-3-6-16;/h1-9,11-13,18,20,24H,10,14-15H2;1H/q+1;/p-1. The SMILES string of the molecule is O=C1c2cccn2CCC1C(O)c1cc[n+](Cc2ccccc2)cc1.[Br-]. The molecule has 2 atom stereocenters. The first kappa shape index (κ1) is 18.5. The molecule has 0 aliphatic carbocycles. The molecule has 2 unspecified atom stereocenters. The van der Waals surface area contributed by atoms with Gasteiger partial charge in [-0.2, -0.15) is 0 Å². The quantitative estimate of drug-likeness (QED) is 0.601. The molecule has 0 radical (unpaired) electrons. The van der Waals surface area contributed by atoms with E-state index in [4.69, 9.17) is 0 Å². The maximum absolute atomic E-state index is 12.6. The van der Waals surface area contributed by atoms with E-state index in [0.717, 1.165) is 18.7 Å². The molecule has 1 aliphatic rings. The topological polar surface area (TPSA) is 46.1 Å². The molecule has 26 heavy (non-hydrogen) atoms. The Morgan fingerprint density at radius 3 is 2.54 bits per heavy atom. The molecule has 1 N–H and O–H groups in total. The van der Waals surface area contributed by atoms with Gasteiger partial charge >= 0.3 is 0 Å². The zero-order chi connectivity index (χ0) is 17.2. The predicted molar refractivity (Wildman–Crippen MR) is 94.0 cm³/mol. The second-order valence-corrected chi connectivity index (χ2v) is 6.58. The van der Waals surface area contributed by atoms with Crippen molar-refractivity contribution in [3.63, 3.8) is 0 Å². The lowest BCUT2D eigenvalue weighted by Crippen LogP contribution is -3.00. The molecule has 0 amide bonds. The van der Waals surface area contributed by atoms with E-state index in [1.807, 2.05) is 65.6 Å². The average molecular weight is 413 g/mol. The zero-order valence-corrected chi connectivity index (χ0v) is 15.9. The smallest absolute Gasteiger partial charge is 0.185 e. The minimum Gasteiger partial charge on any atom is -1.00 e. The summed E-state index contributed by atoms with van der Waals surface area (Å²) in [5.41, 5.74) is 2.72. The number of pyridine rings is 1. The number of carbonyl (C=O) groups excluding carboxylic acids is 1. The highest BCUT2D eigenvalue weighted by Gasteiger charge is 2.33. The third-order valence-corrected chi connectivity index (χ3v) is 4.95. The molecule has 2 aromatic heterocycles. The number of rotatable bonds is 4. The lowest BCUT2D eigenvalue weighted by Gasteiger charge is -2.27. The fourth-order valence-corrected chi connectivity index (χ4v) is 3.53. The molecule has 0 fully saturated rings. The van der Waals surface area contributed by atoms with E-state index in [1.165, 1.54) is 5.56 Å². The minimum atomic E-state index is -0.762. The van der Waals surface area contributed by atoms with Crippen molar-refractivity contribution in [3.05, 3.63) is 90.0 Å². The Morgan fingerprint density at radius 1 is 1.08 bits per heavy atom. The van der Waals surface area contributed by atoms with Crippen LogP contribution >= 0.6 is 0 Å². The van der Waals surface area contributed by atoms with E-state index < -0.39 is 6.10 Å². The first-order chi connectivity index (χ1) is 12.2. The van der Waals surface area contributed by atoms with Crippen molar-refractivity contribution in [2.24, 2.45) is 5.92 Å². The number of hydrogen-bond acceptors (Lipinski definition) is 2. The van der Waals surface area contributed by atoms with Crippen LogP contribution in [-0.2, 0) is 13.1 Å². The molecule has 1 aliphatic heterocycles. The minimum absolute atomic E-state index is 0. The molecule has 0 bridgehead atoms. The monoisotopic (exact) mass is 412 g/mol. The van der Waals surface area contributed by atoms with Gasteiger partial charge in [0.1, 0.15) is 0 Å². The molecule has 0 spiro atoms. The van der Waals surface area contributed by atoms with Gasteiger partial charge in [0, 0.05) is 30.4 Å². The Kier molecular flexibility index (Phi) is 5.69. The third-order valence-electron chi connectivity index (χ3n) is 4.95. The molecular weight excluding hydrogens is 392 g/mol. The number of fused-ring (bicyclic) bond motifs is 1. The van der Waals surface area contributed by atoms with Gasteiger partial charge in [0.15, 0.2) is 24.7 Å². The summed E-state index contributed by atoms with van der Waals surface area (Å²) in [6.07, 6.45) is 5.75. The summed E-state index contributed by atoms with van der Waals surface area (Å²) in [6, 6.07) is 17.8. The van der Waals surface area contributed by atoms with Crippen molar-refractivity contribution < 1.29 is 31.4 Å². The van der Waals surface area contributed by atoms with Crippen molar-refractivity contribution >= 4 is 5.78 Å². The Labute approximate surface area is 163 Å². The number of nitrogens with zero attached hydrogens (tertiary/aromatic N) is 2.